The summed E-state index contributed by atoms with van der Waals surface area (Å²) in [6.45, 7) is 2.10. The summed E-state index contributed by atoms with van der Waals surface area (Å²) in [4.78, 5) is 14.9. The number of imidazole rings is 1. The zero-order valence-corrected chi connectivity index (χ0v) is 15.1. The van der Waals surface area contributed by atoms with Gasteiger partial charge in [-0.15, -0.1) is 0 Å². The van der Waals surface area contributed by atoms with E-state index < -0.39 is 0 Å². The molecule has 0 aliphatic carbocycles. The first-order valence-electron chi connectivity index (χ1n) is 8.72. The quantitative estimate of drug-likeness (QED) is 0.504. The summed E-state index contributed by atoms with van der Waals surface area (Å²) in [6, 6.07) is 14.1. The Morgan fingerprint density at radius 1 is 1.00 bits per heavy atom. The van der Waals surface area contributed by atoms with Gasteiger partial charge in [0.05, 0.1) is 18.6 Å². The van der Waals surface area contributed by atoms with Gasteiger partial charge in [-0.05, 0) is 24.7 Å². The Balaban J connectivity index is 1.40. The molecule has 0 fully saturated rings. The second-order valence-electron chi connectivity index (χ2n) is 6.42. The summed E-state index contributed by atoms with van der Waals surface area (Å²) in [7, 11) is 2.02. The van der Waals surface area contributed by atoms with Gasteiger partial charge in [-0.1, -0.05) is 35.5 Å². The molecule has 7 heteroatoms. The van der Waals surface area contributed by atoms with Crippen molar-refractivity contribution in [2.75, 3.05) is 7.05 Å². The normalized spacial score (nSPS) is 11.2. The molecule has 0 amide bonds. The molecular weight excluding hydrogens is 340 g/mol. The van der Waals surface area contributed by atoms with Gasteiger partial charge in [0.2, 0.25) is 11.7 Å². The highest BCUT2D eigenvalue weighted by Gasteiger charge is 2.12. The number of aromatic nitrogens is 5. The fraction of sp³-hybridized carbons (Fsp3) is 0.200. The van der Waals surface area contributed by atoms with Gasteiger partial charge in [0.25, 0.3) is 0 Å². The van der Waals surface area contributed by atoms with Crippen LogP contribution in [-0.4, -0.2) is 36.6 Å². The summed E-state index contributed by atoms with van der Waals surface area (Å²) in [5.74, 6) is 1.16. The van der Waals surface area contributed by atoms with Crippen LogP contribution in [0.5, 0.6) is 0 Å². The summed E-state index contributed by atoms with van der Waals surface area (Å²) >= 11 is 0. The van der Waals surface area contributed by atoms with Gasteiger partial charge < -0.3 is 9.09 Å². The first-order valence-corrected chi connectivity index (χ1v) is 8.72. The van der Waals surface area contributed by atoms with Crippen molar-refractivity contribution in [3.8, 4) is 11.4 Å². The Bertz CT molecular complexity index is 980. The van der Waals surface area contributed by atoms with Crippen LogP contribution in [0.15, 0.2) is 71.9 Å². The maximum Gasteiger partial charge on any atom is 0.241 e. The van der Waals surface area contributed by atoms with Crippen LogP contribution in [0, 0.1) is 0 Å². The van der Waals surface area contributed by atoms with Crippen molar-refractivity contribution >= 4 is 0 Å². The first-order chi connectivity index (χ1) is 13.3. The molecule has 3 heterocycles. The standard InChI is InChI=1S/C20H20N6O/c1-25(14-19-23-20(24-27-19)17-7-9-21-10-8-17)13-18-11-22-15-26(18)12-16-5-3-2-4-6-16/h2-11,15H,12-14H2,1H3. The molecule has 0 saturated carbocycles. The van der Waals surface area contributed by atoms with Crippen LogP contribution in [0.1, 0.15) is 17.1 Å². The molecule has 0 saturated heterocycles. The number of hydrogen-bond acceptors (Lipinski definition) is 6. The van der Waals surface area contributed by atoms with E-state index in [0.717, 1.165) is 24.3 Å². The topological polar surface area (TPSA) is 72.9 Å². The minimum absolute atomic E-state index is 0.564. The van der Waals surface area contributed by atoms with Gasteiger partial charge in [0, 0.05) is 37.2 Å². The van der Waals surface area contributed by atoms with E-state index in [-0.39, 0.29) is 0 Å². The Morgan fingerprint density at radius 3 is 2.63 bits per heavy atom. The molecule has 4 aromatic rings. The molecule has 0 aliphatic heterocycles. The van der Waals surface area contributed by atoms with Crippen LogP contribution in [0.2, 0.25) is 0 Å². The number of nitrogens with zero attached hydrogens (tertiary/aromatic N) is 6. The van der Waals surface area contributed by atoms with Crippen LogP contribution in [0.25, 0.3) is 11.4 Å². The van der Waals surface area contributed by atoms with Crippen molar-refractivity contribution < 1.29 is 4.52 Å². The molecule has 0 bridgehead atoms. The summed E-state index contributed by atoms with van der Waals surface area (Å²) in [6.07, 6.45) is 7.19. The molecule has 1 aromatic carbocycles. The number of pyridine rings is 1. The van der Waals surface area contributed by atoms with Crippen molar-refractivity contribution in [2.24, 2.45) is 0 Å². The van der Waals surface area contributed by atoms with Crippen LogP contribution < -0.4 is 0 Å². The van der Waals surface area contributed by atoms with E-state index >= 15 is 0 Å². The molecule has 3 aromatic heterocycles. The lowest BCUT2D eigenvalue weighted by atomic mass is 10.2. The Labute approximate surface area is 157 Å². The zero-order chi connectivity index (χ0) is 18.5. The van der Waals surface area contributed by atoms with E-state index in [1.807, 2.05) is 49.9 Å². The van der Waals surface area contributed by atoms with Gasteiger partial charge in [-0.3, -0.25) is 9.88 Å². The second-order valence-corrected chi connectivity index (χ2v) is 6.42. The van der Waals surface area contributed by atoms with Crippen LogP contribution in [0.3, 0.4) is 0 Å². The number of rotatable bonds is 7. The number of benzene rings is 1. The molecule has 7 nitrogen and oxygen atoms in total. The van der Waals surface area contributed by atoms with E-state index in [9.17, 15) is 0 Å². The third-order valence-corrected chi connectivity index (χ3v) is 4.24. The van der Waals surface area contributed by atoms with Crippen LogP contribution in [0.4, 0.5) is 0 Å². The third-order valence-electron chi connectivity index (χ3n) is 4.24. The summed E-state index contributed by atoms with van der Waals surface area (Å²) < 4.78 is 7.54. The predicted octanol–water partition coefficient (Wildman–Crippen LogP) is 3.01. The third kappa shape index (κ3) is 4.27. The largest absolute Gasteiger partial charge is 0.338 e. The average molecular weight is 360 g/mol. The Hall–Kier alpha value is -3.32. The summed E-state index contributed by atoms with van der Waals surface area (Å²) in [5, 5.41) is 4.05. The van der Waals surface area contributed by atoms with Gasteiger partial charge in [0.1, 0.15) is 0 Å². The van der Waals surface area contributed by atoms with Crippen molar-refractivity contribution in [1.82, 2.24) is 29.6 Å². The zero-order valence-electron chi connectivity index (χ0n) is 15.1. The van der Waals surface area contributed by atoms with Gasteiger partial charge in [0.15, 0.2) is 0 Å². The molecule has 0 spiro atoms. The average Bonchev–Trinajstić information content (AvgIpc) is 3.33. The second kappa shape index (κ2) is 7.92. The molecule has 0 aliphatic rings. The monoisotopic (exact) mass is 360 g/mol. The Kier molecular flexibility index (Phi) is 5.02. The van der Waals surface area contributed by atoms with Crippen molar-refractivity contribution in [3.05, 3.63) is 84.5 Å². The molecule has 27 heavy (non-hydrogen) atoms. The lowest BCUT2D eigenvalue weighted by Crippen LogP contribution is -2.19. The Morgan fingerprint density at radius 2 is 1.81 bits per heavy atom. The first kappa shape index (κ1) is 17.1. The molecule has 0 atom stereocenters. The predicted molar refractivity (Wildman–Crippen MR) is 100 cm³/mol. The minimum atomic E-state index is 0.564. The smallest absolute Gasteiger partial charge is 0.241 e. The van der Waals surface area contributed by atoms with E-state index in [4.69, 9.17) is 4.52 Å². The van der Waals surface area contributed by atoms with E-state index in [1.54, 1.807) is 12.4 Å². The molecule has 4 rings (SSSR count). The maximum absolute atomic E-state index is 5.39. The SMILES string of the molecule is CN(Cc1nc(-c2ccncc2)no1)Cc1cncn1Cc1ccccc1. The van der Waals surface area contributed by atoms with Crippen LogP contribution >= 0.6 is 0 Å². The van der Waals surface area contributed by atoms with E-state index in [2.05, 4.69) is 41.7 Å². The highest BCUT2D eigenvalue weighted by atomic mass is 16.5. The highest BCUT2D eigenvalue weighted by molar-refractivity contribution is 5.52. The minimum Gasteiger partial charge on any atom is -0.338 e. The summed E-state index contributed by atoms with van der Waals surface area (Å²) in [5.41, 5.74) is 3.28. The van der Waals surface area contributed by atoms with Gasteiger partial charge in [-0.2, -0.15) is 4.98 Å². The van der Waals surface area contributed by atoms with E-state index in [0.29, 0.717) is 18.3 Å². The molecule has 136 valence electrons. The van der Waals surface area contributed by atoms with Gasteiger partial charge >= 0.3 is 0 Å². The molecular formula is C20H20N6O. The van der Waals surface area contributed by atoms with Crippen molar-refractivity contribution in [2.45, 2.75) is 19.6 Å². The fourth-order valence-electron chi connectivity index (χ4n) is 2.90. The lowest BCUT2D eigenvalue weighted by molar-refractivity contribution is 0.256. The molecule has 0 N–H and O–H groups in total. The van der Waals surface area contributed by atoms with Crippen molar-refractivity contribution in [1.29, 1.82) is 0 Å². The maximum atomic E-state index is 5.39. The van der Waals surface area contributed by atoms with Crippen LogP contribution in [-0.2, 0) is 19.6 Å². The van der Waals surface area contributed by atoms with Gasteiger partial charge in [-0.25, -0.2) is 4.98 Å². The number of hydrogen-bond donors (Lipinski definition) is 0. The molecule has 0 unspecified atom stereocenters. The fourth-order valence-corrected chi connectivity index (χ4v) is 2.90. The molecule has 0 radical (unpaired) electrons. The van der Waals surface area contributed by atoms with E-state index in [1.165, 1.54) is 5.56 Å². The van der Waals surface area contributed by atoms with Crippen molar-refractivity contribution in [3.63, 3.8) is 0 Å². The lowest BCUT2D eigenvalue weighted by Gasteiger charge is -2.15. The highest BCUT2D eigenvalue weighted by Crippen LogP contribution is 2.15.